The third kappa shape index (κ3) is 4.59. The molecule has 2 N–H and O–H groups in total. The van der Waals surface area contributed by atoms with Crippen LogP contribution in [0.2, 0.25) is 15.1 Å². The van der Waals surface area contributed by atoms with Crippen molar-refractivity contribution in [2.75, 3.05) is 0 Å². The maximum Gasteiger partial charge on any atom is 0.356 e. The summed E-state index contributed by atoms with van der Waals surface area (Å²) >= 11 is 16.6. The van der Waals surface area contributed by atoms with Gasteiger partial charge in [0.2, 0.25) is 0 Å². The van der Waals surface area contributed by atoms with E-state index >= 15 is 0 Å². The average molecular weight is 321 g/mol. The first-order valence-electron chi connectivity index (χ1n) is 4.90. The summed E-state index contributed by atoms with van der Waals surface area (Å²) in [6.07, 6.45) is 1.14. The molecule has 0 aliphatic carbocycles. The van der Waals surface area contributed by atoms with Crippen molar-refractivity contribution in [2.45, 2.75) is 0 Å². The zero-order chi connectivity index (χ0) is 14.4. The summed E-state index contributed by atoms with van der Waals surface area (Å²) in [7, 11) is 0. The summed E-state index contributed by atoms with van der Waals surface area (Å²) in [5.74, 6) is -0.916. The summed E-state index contributed by atoms with van der Waals surface area (Å²) in [5, 5.41) is 17.2. The normalized spacial score (nSPS) is 9.42. The van der Waals surface area contributed by atoms with Gasteiger partial charge < -0.3 is 10.2 Å². The highest BCUT2D eigenvalue weighted by molar-refractivity contribution is 6.48. The molecule has 7 heteroatoms. The molecule has 0 fully saturated rings. The van der Waals surface area contributed by atoms with Gasteiger partial charge in [0.1, 0.15) is 5.75 Å². The van der Waals surface area contributed by atoms with Crippen molar-refractivity contribution in [3.63, 3.8) is 0 Å². The number of benzene rings is 1. The van der Waals surface area contributed by atoms with Gasteiger partial charge in [-0.05, 0) is 12.1 Å². The maximum absolute atomic E-state index is 10.4. The van der Waals surface area contributed by atoms with Crippen molar-refractivity contribution < 1.29 is 15.0 Å². The number of hydrogen-bond acceptors (Lipinski definition) is 3. The van der Waals surface area contributed by atoms with Gasteiger partial charge in [0.15, 0.2) is 5.69 Å². The Balaban J connectivity index is 0.000000218. The van der Waals surface area contributed by atoms with Gasteiger partial charge in [0.05, 0.1) is 15.1 Å². The number of carboxylic acids is 1. The number of aromatic hydroxyl groups is 1. The van der Waals surface area contributed by atoms with Crippen LogP contribution in [0.15, 0.2) is 36.5 Å². The second-order valence-corrected chi connectivity index (χ2v) is 4.39. The van der Waals surface area contributed by atoms with E-state index < -0.39 is 5.97 Å². The van der Waals surface area contributed by atoms with Gasteiger partial charge in [-0.2, -0.15) is 0 Å². The van der Waals surface area contributed by atoms with Gasteiger partial charge in [-0.15, -0.1) is 0 Å². The third-order valence-electron chi connectivity index (χ3n) is 1.88. The van der Waals surface area contributed by atoms with E-state index in [-0.39, 0.29) is 20.8 Å². The first-order valence-corrected chi connectivity index (χ1v) is 6.03. The Bertz CT molecular complexity index is 576. The van der Waals surface area contributed by atoms with Crippen LogP contribution in [-0.4, -0.2) is 21.2 Å². The Morgan fingerprint density at radius 2 is 1.63 bits per heavy atom. The Labute approximate surface area is 124 Å². The zero-order valence-electron chi connectivity index (χ0n) is 9.35. The fourth-order valence-electron chi connectivity index (χ4n) is 1.02. The highest BCUT2D eigenvalue weighted by Crippen LogP contribution is 2.30. The number of carboxylic acid groups (broad SMARTS) is 1. The van der Waals surface area contributed by atoms with Crippen LogP contribution in [0.3, 0.4) is 0 Å². The third-order valence-corrected chi connectivity index (χ3v) is 3.12. The van der Waals surface area contributed by atoms with Crippen LogP contribution in [0, 0.1) is 0 Å². The summed E-state index contributed by atoms with van der Waals surface area (Å²) < 4.78 is 0. The quantitative estimate of drug-likeness (QED) is 0.828. The minimum absolute atomic E-state index is 0.00531. The molecule has 0 aliphatic heterocycles. The molecule has 0 radical (unpaired) electrons. The number of phenolic OH excluding ortho intramolecular Hbond substituents is 1. The van der Waals surface area contributed by atoms with E-state index in [0.29, 0.717) is 5.75 Å². The smallest absolute Gasteiger partial charge is 0.356 e. The van der Waals surface area contributed by atoms with Crippen LogP contribution in [0.4, 0.5) is 0 Å². The van der Waals surface area contributed by atoms with E-state index in [1.807, 2.05) is 6.07 Å². The van der Waals surface area contributed by atoms with Gasteiger partial charge in [0, 0.05) is 6.20 Å². The molecule has 1 aromatic heterocycles. The van der Waals surface area contributed by atoms with E-state index in [4.69, 9.17) is 45.0 Å². The highest BCUT2D eigenvalue weighted by atomic mass is 35.5. The molecule has 0 saturated carbocycles. The first kappa shape index (κ1) is 15.6. The first-order chi connectivity index (χ1) is 8.93. The zero-order valence-corrected chi connectivity index (χ0v) is 11.6. The molecule has 2 rings (SSSR count). The summed E-state index contributed by atoms with van der Waals surface area (Å²) in [4.78, 5) is 13.9. The molecule has 0 spiro atoms. The molecule has 0 unspecified atom stereocenters. The standard InChI is InChI=1S/C6H2Cl3NO2.C6H6O/c7-2-1-10-5(6(11)12)4(9)3(2)8;7-6-4-2-1-3-5-6/h1H,(H,11,12);1-5,7H. The molecule has 2 aromatic rings. The fourth-order valence-corrected chi connectivity index (χ4v) is 1.58. The van der Waals surface area contributed by atoms with Crippen LogP contribution in [-0.2, 0) is 0 Å². The topological polar surface area (TPSA) is 70.4 Å². The number of aromatic nitrogens is 1. The minimum Gasteiger partial charge on any atom is -0.508 e. The van der Waals surface area contributed by atoms with Crippen molar-refractivity contribution in [1.29, 1.82) is 0 Å². The molecule has 1 heterocycles. The van der Waals surface area contributed by atoms with Crippen molar-refractivity contribution in [3.8, 4) is 5.75 Å². The molecule has 100 valence electrons. The number of rotatable bonds is 1. The van der Waals surface area contributed by atoms with Crippen LogP contribution in [0.5, 0.6) is 5.75 Å². The Hall–Kier alpha value is -1.49. The molecular formula is C12H8Cl3NO3. The van der Waals surface area contributed by atoms with Crippen LogP contribution in [0.25, 0.3) is 0 Å². The van der Waals surface area contributed by atoms with Gasteiger partial charge in [-0.3, -0.25) is 0 Å². The monoisotopic (exact) mass is 319 g/mol. The lowest BCUT2D eigenvalue weighted by atomic mass is 10.3. The number of halogens is 3. The van der Waals surface area contributed by atoms with E-state index in [9.17, 15) is 4.79 Å². The SMILES string of the molecule is O=C(O)c1ncc(Cl)c(Cl)c1Cl.Oc1ccccc1. The molecule has 0 saturated heterocycles. The molecule has 0 bridgehead atoms. The van der Waals surface area contributed by atoms with Gasteiger partial charge in [-0.1, -0.05) is 53.0 Å². The summed E-state index contributed by atoms with van der Waals surface area (Å²) in [6, 6.07) is 8.71. The van der Waals surface area contributed by atoms with Gasteiger partial charge >= 0.3 is 5.97 Å². The van der Waals surface area contributed by atoms with Crippen molar-refractivity contribution in [1.82, 2.24) is 4.98 Å². The number of carbonyl (C=O) groups is 1. The summed E-state index contributed by atoms with van der Waals surface area (Å²) in [5.41, 5.74) is -0.300. The molecule has 4 nitrogen and oxygen atoms in total. The van der Waals surface area contributed by atoms with Crippen molar-refractivity contribution in [3.05, 3.63) is 57.3 Å². The molecule has 0 aliphatic rings. The van der Waals surface area contributed by atoms with Gasteiger partial charge in [0.25, 0.3) is 0 Å². The van der Waals surface area contributed by atoms with Crippen LogP contribution in [0.1, 0.15) is 10.5 Å². The van der Waals surface area contributed by atoms with Crippen molar-refractivity contribution >= 4 is 40.8 Å². The predicted molar refractivity (Wildman–Crippen MR) is 74.3 cm³/mol. The number of pyridine rings is 1. The van der Waals surface area contributed by atoms with E-state index in [2.05, 4.69) is 4.98 Å². The number of aromatic carboxylic acids is 1. The van der Waals surface area contributed by atoms with Crippen LogP contribution >= 0.6 is 34.8 Å². The Kier molecular flexibility index (Phi) is 5.89. The average Bonchev–Trinajstić information content (AvgIpc) is 2.37. The second-order valence-electron chi connectivity index (χ2n) is 3.22. The number of nitrogens with zero attached hydrogens (tertiary/aromatic N) is 1. The van der Waals surface area contributed by atoms with Crippen LogP contribution < -0.4 is 0 Å². The molecule has 19 heavy (non-hydrogen) atoms. The minimum atomic E-state index is -1.24. The van der Waals surface area contributed by atoms with E-state index in [1.165, 1.54) is 0 Å². The van der Waals surface area contributed by atoms with E-state index in [0.717, 1.165) is 6.20 Å². The summed E-state index contributed by atoms with van der Waals surface area (Å²) in [6.45, 7) is 0. The largest absolute Gasteiger partial charge is 0.508 e. The number of para-hydroxylation sites is 1. The lowest BCUT2D eigenvalue weighted by Crippen LogP contribution is -2.01. The second kappa shape index (κ2) is 7.19. The lowest BCUT2D eigenvalue weighted by molar-refractivity contribution is 0.0690. The van der Waals surface area contributed by atoms with Gasteiger partial charge in [-0.25, -0.2) is 9.78 Å². The molecule has 0 atom stereocenters. The highest BCUT2D eigenvalue weighted by Gasteiger charge is 2.15. The fraction of sp³-hybridized carbons (Fsp3) is 0. The lowest BCUT2D eigenvalue weighted by Gasteiger charge is -2.00. The number of hydrogen-bond donors (Lipinski definition) is 2. The molecule has 1 aromatic carbocycles. The molecular weight excluding hydrogens is 312 g/mol. The van der Waals surface area contributed by atoms with E-state index in [1.54, 1.807) is 24.3 Å². The Morgan fingerprint density at radius 1 is 1.05 bits per heavy atom. The molecule has 0 amide bonds. The Morgan fingerprint density at radius 3 is 2.05 bits per heavy atom. The van der Waals surface area contributed by atoms with Crippen molar-refractivity contribution in [2.24, 2.45) is 0 Å². The maximum atomic E-state index is 10.4. The number of phenols is 1. The predicted octanol–water partition coefficient (Wildman–Crippen LogP) is 4.13.